The van der Waals surface area contributed by atoms with Gasteiger partial charge in [-0.2, -0.15) is 0 Å². The Bertz CT molecular complexity index is 572. The van der Waals surface area contributed by atoms with E-state index >= 15 is 0 Å². The minimum absolute atomic E-state index is 0.600. The molecule has 2 N–H and O–H groups in total. The van der Waals surface area contributed by atoms with Gasteiger partial charge in [0, 0.05) is 28.9 Å². The second-order valence-electron chi connectivity index (χ2n) is 5.37. The summed E-state index contributed by atoms with van der Waals surface area (Å²) in [6.45, 7) is 2.20. The monoisotopic (exact) mass is 330 g/mol. The zero-order chi connectivity index (χ0) is 13.9. The van der Waals surface area contributed by atoms with Crippen LogP contribution >= 0.6 is 15.9 Å². The van der Waals surface area contributed by atoms with Crippen LogP contribution in [0.5, 0.6) is 0 Å². The van der Waals surface area contributed by atoms with Crippen LogP contribution in [-0.2, 0) is 0 Å². The van der Waals surface area contributed by atoms with Gasteiger partial charge in [0.25, 0.3) is 0 Å². The Morgan fingerprint density at radius 1 is 0.950 bits per heavy atom. The van der Waals surface area contributed by atoms with E-state index in [1.165, 1.54) is 24.1 Å². The number of nitrogen functional groups attached to an aromatic ring is 1. The quantitative estimate of drug-likeness (QED) is 0.826. The minimum atomic E-state index is 0.600. The van der Waals surface area contributed by atoms with Crippen LogP contribution in [0, 0.1) is 0 Å². The average Bonchev–Trinajstić information content (AvgIpc) is 2.49. The molecule has 2 aromatic rings. The molecule has 3 heteroatoms. The highest BCUT2D eigenvalue weighted by Gasteiger charge is 2.21. The molecule has 0 saturated carbocycles. The Morgan fingerprint density at radius 3 is 2.25 bits per heavy atom. The van der Waals surface area contributed by atoms with Crippen LogP contribution < -0.4 is 10.6 Å². The SMILES string of the molecule is Nc1ccccc1C1CCN(c2ccc(Br)cc2)CC1. The molecule has 0 unspecified atom stereocenters. The Labute approximate surface area is 128 Å². The lowest BCUT2D eigenvalue weighted by molar-refractivity contribution is 0.506. The van der Waals surface area contributed by atoms with E-state index in [1.807, 2.05) is 12.1 Å². The Hall–Kier alpha value is -1.48. The number of halogens is 1. The van der Waals surface area contributed by atoms with Gasteiger partial charge in [-0.15, -0.1) is 0 Å². The van der Waals surface area contributed by atoms with E-state index in [2.05, 4.69) is 57.2 Å². The molecular weight excluding hydrogens is 312 g/mol. The van der Waals surface area contributed by atoms with Gasteiger partial charge < -0.3 is 10.6 Å². The maximum Gasteiger partial charge on any atom is 0.0366 e. The smallest absolute Gasteiger partial charge is 0.0366 e. The minimum Gasteiger partial charge on any atom is -0.398 e. The summed E-state index contributed by atoms with van der Waals surface area (Å²) in [6.07, 6.45) is 2.34. The van der Waals surface area contributed by atoms with Crippen molar-refractivity contribution in [1.82, 2.24) is 0 Å². The first-order valence-electron chi connectivity index (χ1n) is 7.09. The lowest BCUT2D eigenvalue weighted by Crippen LogP contribution is -2.33. The number of nitrogens with zero attached hydrogens (tertiary/aromatic N) is 1. The lowest BCUT2D eigenvalue weighted by atomic mass is 9.88. The molecule has 1 aliphatic rings. The number of hydrogen-bond donors (Lipinski definition) is 1. The molecule has 1 saturated heterocycles. The molecule has 2 aromatic carbocycles. The first-order chi connectivity index (χ1) is 9.74. The van der Waals surface area contributed by atoms with E-state index in [4.69, 9.17) is 5.73 Å². The molecule has 0 bridgehead atoms. The van der Waals surface area contributed by atoms with Crippen molar-refractivity contribution in [1.29, 1.82) is 0 Å². The summed E-state index contributed by atoms with van der Waals surface area (Å²) in [5.74, 6) is 0.600. The van der Waals surface area contributed by atoms with Gasteiger partial charge in [0.15, 0.2) is 0 Å². The molecule has 0 aromatic heterocycles. The molecule has 0 aliphatic carbocycles. The molecule has 20 heavy (non-hydrogen) atoms. The summed E-state index contributed by atoms with van der Waals surface area (Å²) < 4.78 is 1.13. The van der Waals surface area contributed by atoms with Crippen LogP contribution in [-0.4, -0.2) is 13.1 Å². The largest absolute Gasteiger partial charge is 0.398 e. The number of para-hydroxylation sites is 1. The maximum absolute atomic E-state index is 6.09. The van der Waals surface area contributed by atoms with Crippen molar-refractivity contribution < 1.29 is 0 Å². The number of piperidine rings is 1. The number of hydrogen-bond acceptors (Lipinski definition) is 2. The third-order valence-corrected chi connectivity index (χ3v) is 4.65. The van der Waals surface area contributed by atoms with Gasteiger partial charge in [0.2, 0.25) is 0 Å². The molecule has 0 atom stereocenters. The van der Waals surface area contributed by atoms with E-state index in [1.54, 1.807) is 0 Å². The van der Waals surface area contributed by atoms with Gasteiger partial charge in [0.1, 0.15) is 0 Å². The maximum atomic E-state index is 6.09. The first kappa shape index (κ1) is 13.5. The van der Waals surface area contributed by atoms with E-state index in [9.17, 15) is 0 Å². The fourth-order valence-electron chi connectivity index (χ4n) is 2.98. The second kappa shape index (κ2) is 5.88. The van der Waals surface area contributed by atoms with Gasteiger partial charge in [0.05, 0.1) is 0 Å². The van der Waals surface area contributed by atoms with Crippen molar-refractivity contribution in [2.45, 2.75) is 18.8 Å². The highest BCUT2D eigenvalue weighted by molar-refractivity contribution is 9.10. The van der Waals surface area contributed by atoms with Crippen LogP contribution in [0.3, 0.4) is 0 Å². The molecule has 3 rings (SSSR count). The Morgan fingerprint density at radius 2 is 1.60 bits per heavy atom. The first-order valence-corrected chi connectivity index (χ1v) is 7.88. The molecule has 1 fully saturated rings. The molecule has 1 heterocycles. The van der Waals surface area contributed by atoms with Gasteiger partial charge in [-0.1, -0.05) is 34.1 Å². The fourth-order valence-corrected chi connectivity index (χ4v) is 3.25. The Kier molecular flexibility index (Phi) is 3.97. The van der Waals surface area contributed by atoms with Crippen molar-refractivity contribution >= 4 is 27.3 Å². The summed E-state index contributed by atoms with van der Waals surface area (Å²) in [7, 11) is 0. The zero-order valence-corrected chi connectivity index (χ0v) is 13.0. The van der Waals surface area contributed by atoms with Crippen LogP contribution in [0.4, 0.5) is 11.4 Å². The number of rotatable bonds is 2. The molecule has 104 valence electrons. The summed E-state index contributed by atoms with van der Waals surface area (Å²) in [4.78, 5) is 2.46. The topological polar surface area (TPSA) is 29.3 Å². The van der Waals surface area contributed by atoms with Crippen LogP contribution in [0.15, 0.2) is 53.0 Å². The lowest BCUT2D eigenvalue weighted by Gasteiger charge is -2.34. The van der Waals surface area contributed by atoms with Gasteiger partial charge in [-0.3, -0.25) is 0 Å². The van der Waals surface area contributed by atoms with Gasteiger partial charge in [-0.25, -0.2) is 0 Å². The van der Waals surface area contributed by atoms with Crippen molar-refractivity contribution in [3.05, 3.63) is 58.6 Å². The summed E-state index contributed by atoms with van der Waals surface area (Å²) >= 11 is 3.49. The molecule has 0 spiro atoms. The van der Waals surface area contributed by atoms with E-state index < -0.39 is 0 Å². The van der Waals surface area contributed by atoms with Crippen LogP contribution in [0.2, 0.25) is 0 Å². The third kappa shape index (κ3) is 2.83. The normalized spacial score (nSPS) is 16.4. The van der Waals surface area contributed by atoms with Crippen molar-refractivity contribution in [2.24, 2.45) is 0 Å². The van der Waals surface area contributed by atoms with Crippen molar-refractivity contribution in [3.8, 4) is 0 Å². The zero-order valence-electron chi connectivity index (χ0n) is 11.4. The summed E-state index contributed by atoms with van der Waals surface area (Å²) in [5, 5.41) is 0. The highest BCUT2D eigenvalue weighted by atomic mass is 79.9. The highest BCUT2D eigenvalue weighted by Crippen LogP contribution is 2.33. The van der Waals surface area contributed by atoms with Gasteiger partial charge in [-0.05, 0) is 54.7 Å². The third-order valence-electron chi connectivity index (χ3n) is 4.12. The average molecular weight is 331 g/mol. The number of anilines is 2. The second-order valence-corrected chi connectivity index (χ2v) is 6.28. The van der Waals surface area contributed by atoms with E-state index in [0.29, 0.717) is 5.92 Å². The summed E-state index contributed by atoms with van der Waals surface area (Å²) in [5.41, 5.74) is 9.67. The molecule has 0 amide bonds. The molecule has 0 radical (unpaired) electrons. The summed E-state index contributed by atoms with van der Waals surface area (Å²) in [6, 6.07) is 16.9. The number of benzene rings is 2. The molecule has 1 aliphatic heterocycles. The number of nitrogens with two attached hydrogens (primary N) is 1. The fraction of sp³-hybridized carbons (Fsp3) is 0.294. The van der Waals surface area contributed by atoms with Crippen molar-refractivity contribution in [2.75, 3.05) is 23.7 Å². The van der Waals surface area contributed by atoms with E-state index in [0.717, 1.165) is 23.2 Å². The predicted octanol–water partition coefficient (Wildman–Crippen LogP) is 4.42. The van der Waals surface area contributed by atoms with Crippen molar-refractivity contribution in [3.63, 3.8) is 0 Å². The molecule has 2 nitrogen and oxygen atoms in total. The Balaban J connectivity index is 1.68. The van der Waals surface area contributed by atoms with E-state index in [-0.39, 0.29) is 0 Å². The van der Waals surface area contributed by atoms with Gasteiger partial charge >= 0.3 is 0 Å². The van der Waals surface area contributed by atoms with Crippen LogP contribution in [0.1, 0.15) is 24.3 Å². The predicted molar refractivity (Wildman–Crippen MR) is 89.2 cm³/mol. The van der Waals surface area contributed by atoms with Crippen LogP contribution in [0.25, 0.3) is 0 Å². The molecular formula is C17H19BrN2. The standard InChI is InChI=1S/C17H19BrN2/c18-14-5-7-15(8-6-14)20-11-9-13(10-12-20)16-3-1-2-4-17(16)19/h1-8,13H,9-12,19H2.